The summed E-state index contributed by atoms with van der Waals surface area (Å²) < 4.78 is 37.0. The van der Waals surface area contributed by atoms with E-state index in [1.54, 1.807) is 0 Å². The van der Waals surface area contributed by atoms with Crippen molar-refractivity contribution in [1.29, 1.82) is 0 Å². The van der Waals surface area contributed by atoms with E-state index in [9.17, 15) is 18.0 Å². The lowest BCUT2D eigenvalue weighted by Crippen LogP contribution is -2.30. The number of hydrogen-bond acceptors (Lipinski definition) is 1. The number of rotatable bonds is 5. The van der Waals surface area contributed by atoms with Crippen molar-refractivity contribution in [3.8, 4) is 0 Å². The summed E-state index contributed by atoms with van der Waals surface area (Å²) in [7, 11) is 0. The van der Waals surface area contributed by atoms with Crippen molar-refractivity contribution >= 4 is 5.91 Å². The maximum Gasteiger partial charge on any atom is 0.416 e. The molecule has 106 valence electrons. The Kier molecular flexibility index (Phi) is 5.39. The Bertz CT molecular complexity index is 412. The van der Waals surface area contributed by atoms with Crippen LogP contribution in [0.25, 0.3) is 0 Å². The van der Waals surface area contributed by atoms with Gasteiger partial charge in [-0.05, 0) is 30.5 Å². The smallest absolute Gasteiger partial charge is 0.356 e. The number of carbonyl (C=O) groups is 1. The van der Waals surface area contributed by atoms with Crippen molar-refractivity contribution in [3.63, 3.8) is 0 Å². The summed E-state index contributed by atoms with van der Waals surface area (Å²) in [5, 5.41) is 2.77. The summed E-state index contributed by atoms with van der Waals surface area (Å²) in [5.74, 6) is -0.0537. The molecule has 1 atom stereocenters. The second-order valence-electron chi connectivity index (χ2n) is 4.55. The summed E-state index contributed by atoms with van der Waals surface area (Å²) >= 11 is 0. The topological polar surface area (TPSA) is 29.1 Å². The number of benzene rings is 1. The predicted octanol–water partition coefficient (Wildman–Crippen LogP) is 3.41. The molecule has 1 rings (SSSR count). The maximum atomic E-state index is 12.3. The highest BCUT2D eigenvalue weighted by Gasteiger charge is 2.29. The number of hydrogen-bond donors (Lipinski definition) is 1. The molecule has 1 aromatic carbocycles. The molecule has 0 aromatic heterocycles. The van der Waals surface area contributed by atoms with Crippen LogP contribution in [0.2, 0.25) is 0 Å². The van der Waals surface area contributed by atoms with Gasteiger partial charge in [-0.15, -0.1) is 0 Å². The lowest BCUT2D eigenvalue weighted by Gasteiger charge is -2.10. The minimum Gasteiger partial charge on any atom is -0.356 e. The van der Waals surface area contributed by atoms with E-state index in [0.717, 1.165) is 24.1 Å². The van der Waals surface area contributed by atoms with Crippen molar-refractivity contribution < 1.29 is 18.0 Å². The largest absolute Gasteiger partial charge is 0.416 e. The summed E-state index contributed by atoms with van der Waals surface area (Å²) in [6, 6.07) is 5.01. The first-order valence-electron chi connectivity index (χ1n) is 6.28. The van der Waals surface area contributed by atoms with E-state index >= 15 is 0 Å². The predicted molar refractivity (Wildman–Crippen MR) is 67.6 cm³/mol. The van der Waals surface area contributed by atoms with Gasteiger partial charge in [-0.3, -0.25) is 4.79 Å². The van der Waals surface area contributed by atoms with Crippen molar-refractivity contribution in [3.05, 3.63) is 35.4 Å². The average molecular weight is 273 g/mol. The van der Waals surface area contributed by atoms with Crippen molar-refractivity contribution in [2.24, 2.45) is 5.92 Å². The first-order valence-corrected chi connectivity index (χ1v) is 6.28. The van der Waals surface area contributed by atoms with E-state index in [2.05, 4.69) is 5.32 Å². The van der Waals surface area contributed by atoms with E-state index in [1.165, 1.54) is 12.1 Å². The molecule has 1 unspecified atom stereocenters. The molecule has 0 bridgehead atoms. The molecule has 0 aliphatic carbocycles. The first-order chi connectivity index (χ1) is 8.84. The molecule has 0 heterocycles. The zero-order chi connectivity index (χ0) is 14.5. The van der Waals surface area contributed by atoms with Crippen LogP contribution in [0.3, 0.4) is 0 Å². The Morgan fingerprint density at radius 2 is 1.84 bits per heavy atom. The van der Waals surface area contributed by atoms with Gasteiger partial charge in [0.05, 0.1) is 5.56 Å². The SMILES string of the molecule is CCC(C)C(=O)NCCc1ccc(C(F)(F)F)cc1. The highest BCUT2D eigenvalue weighted by atomic mass is 19.4. The van der Waals surface area contributed by atoms with Gasteiger partial charge in [0.15, 0.2) is 0 Å². The van der Waals surface area contributed by atoms with Gasteiger partial charge in [0, 0.05) is 12.5 Å². The normalized spacial score (nSPS) is 13.1. The minimum atomic E-state index is -4.30. The molecule has 0 aliphatic heterocycles. The van der Waals surface area contributed by atoms with E-state index in [0.29, 0.717) is 13.0 Å². The molecular formula is C14H18F3NO. The summed E-state index contributed by atoms with van der Waals surface area (Å²) in [4.78, 5) is 11.5. The second kappa shape index (κ2) is 6.59. The van der Waals surface area contributed by atoms with Gasteiger partial charge >= 0.3 is 6.18 Å². The molecule has 1 N–H and O–H groups in total. The molecule has 0 aliphatic rings. The van der Waals surface area contributed by atoms with Crippen LogP contribution < -0.4 is 5.32 Å². The highest BCUT2D eigenvalue weighted by molar-refractivity contribution is 5.78. The van der Waals surface area contributed by atoms with Crippen LogP contribution in [0, 0.1) is 5.92 Å². The fourth-order valence-corrected chi connectivity index (χ4v) is 1.55. The fraction of sp³-hybridized carbons (Fsp3) is 0.500. The van der Waals surface area contributed by atoms with Crippen molar-refractivity contribution in [2.75, 3.05) is 6.54 Å². The monoisotopic (exact) mass is 273 g/mol. The van der Waals surface area contributed by atoms with Crippen molar-refractivity contribution in [2.45, 2.75) is 32.9 Å². The van der Waals surface area contributed by atoms with Gasteiger partial charge in [0.2, 0.25) is 5.91 Å². The second-order valence-corrected chi connectivity index (χ2v) is 4.55. The molecule has 0 saturated carbocycles. The summed E-state index contributed by atoms with van der Waals surface area (Å²) in [6.45, 7) is 4.21. The molecule has 1 amide bonds. The van der Waals surface area contributed by atoms with E-state index in [1.807, 2.05) is 13.8 Å². The van der Waals surface area contributed by atoms with Crippen LogP contribution in [0.5, 0.6) is 0 Å². The third kappa shape index (κ3) is 4.93. The Labute approximate surface area is 111 Å². The molecular weight excluding hydrogens is 255 g/mol. The number of amides is 1. The van der Waals surface area contributed by atoms with E-state index in [4.69, 9.17) is 0 Å². The fourth-order valence-electron chi connectivity index (χ4n) is 1.55. The highest BCUT2D eigenvalue weighted by Crippen LogP contribution is 2.29. The molecule has 1 aromatic rings. The maximum absolute atomic E-state index is 12.3. The molecule has 0 spiro atoms. The molecule has 0 saturated heterocycles. The van der Waals surface area contributed by atoms with E-state index < -0.39 is 11.7 Å². The van der Waals surface area contributed by atoms with Crippen LogP contribution in [-0.4, -0.2) is 12.5 Å². The van der Waals surface area contributed by atoms with Crippen LogP contribution in [0.4, 0.5) is 13.2 Å². The van der Waals surface area contributed by atoms with Gasteiger partial charge < -0.3 is 5.32 Å². The zero-order valence-corrected chi connectivity index (χ0v) is 11.1. The Hall–Kier alpha value is -1.52. The minimum absolute atomic E-state index is 0.0191. The standard InChI is InChI=1S/C14H18F3NO/c1-3-10(2)13(19)18-9-8-11-4-6-12(7-5-11)14(15,16)17/h4-7,10H,3,8-9H2,1-2H3,(H,18,19). The number of nitrogens with one attached hydrogen (secondary N) is 1. The van der Waals surface area contributed by atoms with Crippen LogP contribution >= 0.6 is 0 Å². The van der Waals surface area contributed by atoms with Gasteiger partial charge in [-0.2, -0.15) is 13.2 Å². The van der Waals surface area contributed by atoms with Crippen LogP contribution in [0.1, 0.15) is 31.4 Å². The molecule has 2 nitrogen and oxygen atoms in total. The third-order valence-electron chi connectivity index (χ3n) is 3.05. The van der Waals surface area contributed by atoms with Gasteiger partial charge in [0.25, 0.3) is 0 Å². The summed E-state index contributed by atoms with van der Waals surface area (Å²) in [5.41, 5.74) is 0.123. The Morgan fingerprint density at radius 1 is 1.26 bits per heavy atom. The third-order valence-corrected chi connectivity index (χ3v) is 3.05. The lowest BCUT2D eigenvalue weighted by atomic mass is 10.1. The molecule has 19 heavy (non-hydrogen) atoms. The summed E-state index contributed by atoms with van der Waals surface area (Å²) in [6.07, 6.45) is -3.00. The van der Waals surface area contributed by atoms with Gasteiger partial charge in [0.1, 0.15) is 0 Å². The number of alkyl halides is 3. The Morgan fingerprint density at radius 3 is 2.32 bits per heavy atom. The quantitative estimate of drug-likeness (QED) is 0.875. The molecule has 0 radical (unpaired) electrons. The molecule has 5 heteroatoms. The van der Waals surface area contributed by atoms with Gasteiger partial charge in [-0.1, -0.05) is 26.0 Å². The Balaban J connectivity index is 2.45. The first kappa shape index (κ1) is 15.5. The van der Waals surface area contributed by atoms with Crippen LogP contribution in [-0.2, 0) is 17.4 Å². The lowest BCUT2D eigenvalue weighted by molar-refractivity contribution is -0.137. The number of carbonyl (C=O) groups excluding carboxylic acids is 1. The van der Waals surface area contributed by atoms with Gasteiger partial charge in [-0.25, -0.2) is 0 Å². The number of halogens is 3. The van der Waals surface area contributed by atoms with Crippen LogP contribution in [0.15, 0.2) is 24.3 Å². The van der Waals surface area contributed by atoms with Crippen molar-refractivity contribution in [1.82, 2.24) is 5.32 Å². The van der Waals surface area contributed by atoms with E-state index in [-0.39, 0.29) is 11.8 Å². The zero-order valence-electron chi connectivity index (χ0n) is 11.1. The average Bonchev–Trinajstić information content (AvgIpc) is 2.37. The molecule has 0 fully saturated rings.